The minimum absolute atomic E-state index is 0.00306. The Bertz CT molecular complexity index is 525. The Morgan fingerprint density at radius 1 is 1.16 bits per heavy atom. The molecule has 1 aromatic heterocycles. The molecule has 1 heterocycles. The third-order valence-corrected chi connectivity index (χ3v) is 4.04. The van der Waals surface area contributed by atoms with E-state index in [9.17, 15) is 4.39 Å². The fraction of sp³-hybridized carbons (Fsp3) is 0.286. The van der Waals surface area contributed by atoms with Crippen LogP contribution in [0.4, 0.5) is 4.39 Å². The van der Waals surface area contributed by atoms with Crippen molar-refractivity contribution in [3.63, 3.8) is 0 Å². The summed E-state index contributed by atoms with van der Waals surface area (Å²) in [6, 6.07) is 6.32. The minimum atomic E-state index is -0.247. The third-order valence-electron chi connectivity index (χ3n) is 2.67. The fourth-order valence-corrected chi connectivity index (χ4v) is 2.65. The van der Waals surface area contributed by atoms with Crippen LogP contribution >= 0.6 is 11.8 Å². The van der Waals surface area contributed by atoms with Crippen molar-refractivity contribution >= 4 is 11.8 Å². The smallest absolute Gasteiger partial charge is 0.188 e. The summed E-state index contributed by atoms with van der Waals surface area (Å²) in [5.74, 6) is -0.247. The summed E-state index contributed by atoms with van der Waals surface area (Å²) in [6.07, 6.45) is 3.55. The van der Waals surface area contributed by atoms with Gasteiger partial charge in [0.2, 0.25) is 0 Å². The Labute approximate surface area is 116 Å². The first-order valence-electron chi connectivity index (χ1n) is 6.02. The highest BCUT2D eigenvalue weighted by atomic mass is 32.2. The van der Waals surface area contributed by atoms with E-state index in [0.717, 1.165) is 11.1 Å². The molecule has 0 saturated heterocycles. The summed E-state index contributed by atoms with van der Waals surface area (Å²) in [7, 11) is 0. The summed E-state index contributed by atoms with van der Waals surface area (Å²) in [6.45, 7) is 3.87. The van der Waals surface area contributed by atoms with Gasteiger partial charge in [-0.1, -0.05) is 23.9 Å². The minimum Gasteiger partial charge on any atom is -0.327 e. The number of thioether (sulfide) groups is 1. The van der Waals surface area contributed by atoms with Crippen LogP contribution in [-0.2, 0) is 0 Å². The van der Waals surface area contributed by atoms with Crippen molar-refractivity contribution in [3.8, 4) is 0 Å². The molecule has 19 heavy (non-hydrogen) atoms. The fourth-order valence-electron chi connectivity index (χ4n) is 1.69. The van der Waals surface area contributed by atoms with E-state index in [-0.39, 0.29) is 17.1 Å². The van der Waals surface area contributed by atoms with Gasteiger partial charge in [0.15, 0.2) is 5.16 Å². The standard InChI is InChI=1S/C14H16FN3S/c1-9-7-17-14(18-8-9)19-13(10(2)16)11-3-5-12(15)6-4-11/h3-8,10,13H,16H2,1-2H3. The number of nitrogens with two attached hydrogens (primary N) is 1. The summed E-state index contributed by atoms with van der Waals surface area (Å²) < 4.78 is 13.0. The van der Waals surface area contributed by atoms with Gasteiger partial charge in [-0.25, -0.2) is 14.4 Å². The molecule has 0 saturated carbocycles. The highest BCUT2D eigenvalue weighted by Gasteiger charge is 2.19. The summed E-state index contributed by atoms with van der Waals surface area (Å²) in [5, 5.41) is 0.681. The van der Waals surface area contributed by atoms with E-state index in [1.165, 1.54) is 23.9 Å². The largest absolute Gasteiger partial charge is 0.327 e. The number of hydrogen-bond donors (Lipinski definition) is 1. The van der Waals surface area contributed by atoms with Crippen molar-refractivity contribution in [3.05, 3.63) is 53.6 Å². The monoisotopic (exact) mass is 277 g/mol. The molecule has 0 bridgehead atoms. The first-order valence-corrected chi connectivity index (χ1v) is 6.90. The maximum Gasteiger partial charge on any atom is 0.188 e. The molecule has 2 rings (SSSR count). The van der Waals surface area contributed by atoms with Crippen LogP contribution in [-0.4, -0.2) is 16.0 Å². The lowest BCUT2D eigenvalue weighted by Gasteiger charge is -2.19. The second-order valence-corrected chi connectivity index (χ2v) is 5.60. The first-order chi connectivity index (χ1) is 9.06. The molecule has 0 aliphatic rings. The zero-order valence-corrected chi connectivity index (χ0v) is 11.7. The molecule has 0 fully saturated rings. The van der Waals surface area contributed by atoms with E-state index < -0.39 is 0 Å². The van der Waals surface area contributed by atoms with Gasteiger partial charge in [0, 0.05) is 18.4 Å². The van der Waals surface area contributed by atoms with Crippen molar-refractivity contribution in [2.45, 2.75) is 30.3 Å². The van der Waals surface area contributed by atoms with E-state index in [0.29, 0.717) is 5.16 Å². The van der Waals surface area contributed by atoms with Crippen molar-refractivity contribution in [2.24, 2.45) is 5.73 Å². The van der Waals surface area contributed by atoms with Crippen LogP contribution in [0.3, 0.4) is 0 Å². The van der Waals surface area contributed by atoms with Crippen molar-refractivity contribution in [1.82, 2.24) is 9.97 Å². The molecule has 0 aliphatic carbocycles. The number of aromatic nitrogens is 2. The van der Waals surface area contributed by atoms with Crippen molar-refractivity contribution in [1.29, 1.82) is 0 Å². The number of nitrogens with zero attached hydrogens (tertiary/aromatic N) is 2. The number of rotatable bonds is 4. The van der Waals surface area contributed by atoms with Crippen LogP contribution < -0.4 is 5.73 Å². The van der Waals surface area contributed by atoms with Gasteiger partial charge in [-0.05, 0) is 37.1 Å². The van der Waals surface area contributed by atoms with Gasteiger partial charge in [0.25, 0.3) is 0 Å². The van der Waals surface area contributed by atoms with Gasteiger partial charge in [-0.15, -0.1) is 0 Å². The lowest BCUT2D eigenvalue weighted by atomic mass is 10.1. The second kappa shape index (κ2) is 6.12. The van der Waals surface area contributed by atoms with Gasteiger partial charge < -0.3 is 5.73 Å². The van der Waals surface area contributed by atoms with Crippen LogP contribution in [0.15, 0.2) is 41.8 Å². The Morgan fingerprint density at radius 3 is 2.26 bits per heavy atom. The predicted octanol–water partition coefficient (Wildman–Crippen LogP) is 3.10. The van der Waals surface area contributed by atoms with E-state index >= 15 is 0 Å². The Kier molecular flexibility index (Phi) is 4.50. The average Bonchev–Trinajstić information content (AvgIpc) is 2.39. The normalized spacial score (nSPS) is 14.1. The molecule has 1 aromatic carbocycles. The molecule has 2 atom stereocenters. The Morgan fingerprint density at radius 2 is 1.74 bits per heavy atom. The molecule has 3 nitrogen and oxygen atoms in total. The Hall–Kier alpha value is -1.46. The molecular weight excluding hydrogens is 261 g/mol. The lowest BCUT2D eigenvalue weighted by molar-refractivity contribution is 0.625. The summed E-state index contributed by atoms with van der Waals surface area (Å²) in [5.41, 5.74) is 8.01. The SMILES string of the molecule is Cc1cnc(SC(c2ccc(F)cc2)C(C)N)nc1. The van der Waals surface area contributed by atoms with Gasteiger partial charge in [0.1, 0.15) is 5.82 Å². The molecule has 5 heteroatoms. The van der Waals surface area contributed by atoms with E-state index in [1.807, 2.05) is 13.8 Å². The summed E-state index contributed by atoms with van der Waals surface area (Å²) >= 11 is 1.49. The molecule has 0 aliphatic heterocycles. The van der Waals surface area contributed by atoms with E-state index in [4.69, 9.17) is 5.73 Å². The molecule has 100 valence electrons. The quantitative estimate of drug-likeness (QED) is 0.689. The zero-order chi connectivity index (χ0) is 13.8. The molecule has 2 unspecified atom stereocenters. The van der Waals surface area contributed by atoms with Gasteiger partial charge in [-0.3, -0.25) is 0 Å². The van der Waals surface area contributed by atoms with Crippen LogP contribution in [0.1, 0.15) is 23.3 Å². The number of halogens is 1. The second-order valence-electron chi connectivity index (χ2n) is 4.49. The maximum absolute atomic E-state index is 13.0. The molecule has 2 aromatic rings. The van der Waals surface area contributed by atoms with E-state index in [1.54, 1.807) is 24.5 Å². The van der Waals surface area contributed by atoms with Crippen LogP contribution in [0.25, 0.3) is 0 Å². The highest BCUT2D eigenvalue weighted by molar-refractivity contribution is 7.99. The number of hydrogen-bond acceptors (Lipinski definition) is 4. The first kappa shape index (κ1) is 14.0. The lowest BCUT2D eigenvalue weighted by Crippen LogP contribution is -2.22. The average molecular weight is 277 g/mol. The predicted molar refractivity (Wildman–Crippen MR) is 75.4 cm³/mol. The molecule has 2 N–H and O–H groups in total. The maximum atomic E-state index is 13.0. The number of benzene rings is 1. The Balaban J connectivity index is 2.21. The van der Waals surface area contributed by atoms with Gasteiger partial charge in [0.05, 0.1) is 5.25 Å². The topological polar surface area (TPSA) is 51.8 Å². The number of aryl methyl sites for hydroxylation is 1. The van der Waals surface area contributed by atoms with Crippen molar-refractivity contribution in [2.75, 3.05) is 0 Å². The molecule has 0 radical (unpaired) electrons. The molecular formula is C14H16FN3S. The summed E-state index contributed by atoms with van der Waals surface area (Å²) in [4.78, 5) is 8.53. The van der Waals surface area contributed by atoms with Crippen LogP contribution in [0.5, 0.6) is 0 Å². The highest BCUT2D eigenvalue weighted by Crippen LogP contribution is 2.35. The van der Waals surface area contributed by atoms with E-state index in [2.05, 4.69) is 9.97 Å². The molecule has 0 amide bonds. The van der Waals surface area contributed by atoms with Crippen molar-refractivity contribution < 1.29 is 4.39 Å². The molecule has 0 spiro atoms. The zero-order valence-electron chi connectivity index (χ0n) is 10.9. The van der Waals surface area contributed by atoms with Gasteiger partial charge >= 0.3 is 0 Å². The van der Waals surface area contributed by atoms with Crippen LogP contribution in [0, 0.1) is 12.7 Å². The third kappa shape index (κ3) is 3.75. The van der Waals surface area contributed by atoms with Crippen LogP contribution in [0.2, 0.25) is 0 Å². The van der Waals surface area contributed by atoms with Gasteiger partial charge in [-0.2, -0.15) is 0 Å².